The second-order valence-corrected chi connectivity index (χ2v) is 6.20. The zero-order valence-electron chi connectivity index (χ0n) is 13.0. The van der Waals surface area contributed by atoms with Gasteiger partial charge in [-0.25, -0.2) is 0 Å². The molecule has 0 saturated heterocycles. The maximum absolute atomic E-state index is 11.9. The summed E-state index contributed by atoms with van der Waals surface area (Å²) in [5.41, 5.74) is 1.82. The van der Waals surface area contributed by atoms with E-state index in [1.165, 1.54) is 7.11 Å². The van der Waals surface area contributed by atoms with Crippen LogP contribution in [0, 0.1) is 5.41 Å². The van der Waals surface area contributed by atoms with Crippen LogP contribution in [0.25, 0.3) is 10.9 Å². The van der Waals surface area contributed by atoms with Gasteiger partial charge in [0.25, 0.3) is 0 Å². The molecule has 21 heavy (non-hydrogen) atoms. The lowest BCUT2D eigenvalue weighted by molar-refractivity contribution is -0.146. The van der Waals surface area contributed by atoms with Crippen LogP contribution in [0.4, 0.5) is 0 Å². The third-order valence-corrected chi connectivity index (χ3v) is 3.52. The van der Waals surface area contributed by atoms with Gasteiger partial charge in [-0.15, -0.1) is 0 Å². The number of pyridine rings is 1. The number of rotatable bonds is 4. The summed E-state index contributed by atoms with van der Waals surface area (Å²) in [5, 5.41) is 4.40. The summed E-state index contributed by atoms with van der Waals surface area (Å²) in [6.07, 6.45) is 1.79. The minimum absolute atomic E-state index is 0.217. The first-order chi connectivity index (χ1) is 9.93. The molecule has 4 heteroatoms. The summed E-state index contributed by atoms with van der Waals surface area (Å²) < 4.78 is 4.90. The molecule has 0 aliphatic heterocycles. The number of fused-ring (bicyclic) bond motifs is 1. The van der Waals surface area contributed by atoms with E-state index in [9.17, 15) is 4.79 Å². The number of methoxy groups -OCH3 is 1. The molecule has 0 radical (unpaired) electrons. The summed E-state index contributed by atoms with van der Waals surface area (Å²) in [7, 11) is 1.42. The van der Waals surface area contributed by atoms with Gasteiger partial charge in [0, 0.05) is 18.1 Å². The molecule has 1 heterocycles. The Kier molecular flexibility index (Phi) is 4.58. The maximum Gasteiger partial charge on any atom is 0.323 e. The van der Waals surface area contributed by atoms with Crippen molar-refractivity contribution in [2.75, 3.05) is 7.11 Å². The molecule has 2 rings (SSSR count). The molecule has 112 valence electrons. The standard InChI is InChI=1S/C17H22N2O2/c1-17(2,3)15(16(20)21-4)19-11-13-8-5-7-12-9-6-10-18-14(12)13/h5-10,15,19H,11H2,1-4H3/t15-/m0/s1. The van der Waals surface area contributed by atoms with Crippen molar-refractivity contribution in [3.63, 3.8) is 0 Å². The number of nitrogens with zero attached hydrogens (tertiary/aromatic N) is 1. The summed E-state index contributed by atoms with van der Waals surface area (Å²) in [4.78, 5) is 16.4. The van der Waals surface area contributed by atoms with E-state index in [0.717, 1.165) is 16.5 Å². The van der Waals surface area contributed by atoms with Crippen LogP contribution < -0.4 is 5.32 Å². The van der Waals surface area contributed by atoms with Crippen LogP contribution in [-0.2, 0) is 16.1 Å². The van der Waals surface area contributed by atoms with Crippen molar-refractivity contribution >= 4 is 16.9 Å². The highest BCUT2D eigenvalue weighted by Gasteiger charge is 2.31. The minimum Gasteiger partial charge on any atom is -0.468 e. The highest BCUT2D eigenvalue weighted by atomic mass is 16.5. The van der Waals surface area contributed by atoms with Crippen molar-refractivity contribution in [1.82, 2.24) is 10.3 Å². The minimum atomic E-state index is -0.360. The van der Waals surface area contributed by atoms with Gasteiger partial charge in [-0.1, -0.05) is 45.0 Å². The summed E-state index contributed by atoms with van der Waals surface area (Å²) in [6, 6.07) is 9.67. The lowest BCUT2D eigenvalue weighted by Crippen LogP contribution is -2.46. The lowest BCUT2D eigenvalue weighted by atomic mass is 9.86. The molecule has 0 saturated carbocycles. The Labute approximate surface area is 125 Å². The van der Waals surface area contributed by atoms with Gasteiger partial charge in [0.05, 0.1) is 12.6 Å². The summed E-state index contributed by atoms with van der Waals surface area (Å²) >= 11 is 0. The van der Waals surface area contributed by atoms with Crippen molar-refractivity contribution in [2.24, 2.45) is 5.41 Å². The Hall–Kier alpha value is -1.94. The molecule has 1 aromatic heterocycles. The van der Waals surface area contributed by atoms with Gasteiger partial charge in [-0.3, -0.25) is 15.1 Å². The fourth-order valence-corrected chi connectivity index (χ4v) is 2.38. The third-order valence-electron chi connectivity index (χ3n) is 3.52. The van der Waals surface area contributed by atoms with E-state index in [2.05, 4.69) is 10.3 Å². The van der Waals surface area contributed by atoms with Crippen molar-refractivity contribution in [3.05, 3.63) is 42.1 Å². The zero-order valence-corrected chi connectivity index (χ0v) is 13.0. The topological polar surface area (TPSA) is 51.2 Å². The number of aromatic nitrogens is 1. The molecule has 0 spiro atoms. The predicted octanol–water partition coefficient (Wildman–Crippen LogP) is 2.91. The Morgan fingerprint density at radius 1 is 1.29 bits per heavy atom. The number of hydrogen-bond donors (Lipinski definition) is 1. The van der Waals surface area contributed by atoms with Crippen LogP contribution in [-0.4, -0.2) is 24.1 Å². The number of nitrogens with one attached hydrogen (secondary N) is 1. The molecular formula is C17H22N2O2. The van der Waals surface area contributed by atoms with E-state index < -0.39 is 0 Å². The first-order valence-electron chi connectivity index (χ1n) is 7.07. The van der Waals surface area contributed by atoms with Gasteiger partial charge in [-0.2, -0.15) is 0 Å². The SMILES string of the molecule is COC(=O)[C@H](NCc1cccc2cccnc12)C(C)(C)C. The molecular weight excluding hydrogens is 264 g/mol. The molecule has 0 unspecified atom stereocenters. The average molecular weight is 286 g/mol. The molecule has 0 fully saturated rings. The second kappa shape index (κ2) is 6.22. The average Bonchev–Trinajstić information content (AvgIpc) is 2.46. The molecule has 4 nitrogen and oxygen atoms in total. The van der Waals surface area contributed by atoms with E-state index in [0.29, 0.717) is 6.54 Å². The Morgan fingerprint density at radius 2 is 2.00 bits per heavy atom. The van der Waals surface area contributed by atoms with Gasteiger partial charge < -0.3 is 4.74 Å². The second-order valence-electron chi connectivity index (χ2n) is 6.20. The highest BCUT2D eigenvalue weighted by Crippen LogP contribution is 2.22. The van der Waals surface area contributed by atoms with Gasteiger partial charge in [0.15, 0.2) is 0 Å². The van der Waals surface area contributed by atoms with Crippen LogP contribution in [0.5, 0.6) is 0 Å². The largest absolute Gasteiger partial charge is 0.468 e. The van der Waals surface area contributed by atoms with Crippen LogP contribution in [0.15, 0.2) is 36.5 Å². The van der Waals surface area contributed by atoms with Gasteiger partial charge >= 0.3 is 5.97 Å². The van der Waals surface area contributed by atoms with Crippen LogP contribution in [0.3, 0.4) is 0 Å². The number of ether oxygens (including phenoxy) is 1. The molecule has 1 atom stereocenters. The maximum atomic E-state index is 11.9. The zero-order chi connectivity index (χ0) is 15.5. The molecule has 2 aromatic rings. The monoisotopic (exact) mass is 286 g/mol. The number of esters is 1. The third kappa shape index (κ3) is 3.58. The Morgan fingerprint density at radius 3 is 2.67 bits per heavy atom. The normalized spacial score (nSPS) is 13.1. The van der Waals surface area contributed by atoms with Gasteiger partial charge in [-0.05, 0) is 17.0 Å². The molecule has 0 aliphatic carbocycles. The molecule has 0 aliphatic rings. The van der Waals surface area contributed by atoms with Crippen LogP contribution >= 0.6 is 0 Å². The number of carbonyl (C=O) groups excluding carboxylic acids is 1. The van der Waals surface area contributed by atoms with Crippen molar-refractivity contribution in [3.8, 4) is 0 Å². The van der Waals surface area contributed by atoms with E-state index >= 15 is 0 Å². The molecule has 0 bridgehead atoms. The van der Waals surface area contributed by atoms with E-state index in [1.807, 2.05) is 51.1 Å². The Balaban J connectivity index is 2.22. The highest BCUT2D eigenvalue weighted by molar-refractivity contribution is 5.81. The van der Waals surface area contributed by atoms with Gasteiger partial charge in [0.1, 0.15) is 6.04 Å². The lowest BCUT2D eigenvalue weighted by Gasteiger charge is -2.29. The first-order valence-corrected chi connectivity index (χ1v) is 7.07. The molecule has 1 N–H and O–H groups in total. The van der Waals surface area contributed by atoms with Crippen molar-refractivity contribution in [1.29, 1.82) is 0 Å². The molecule has 1 aromatic carbocycles. The quantitative estimate of drug-likeness (QED) is 0.878. The first kappa shape index (κ1) is 15.4. The predicted molar refractivity (Wildman–Crippen MR) is 83.8 cm³/mol. The van der Waals surface area contributed by atoms with Crippen molar-refractivity contribution in [2.45, 2.75) is 33.4 Å². The number of para-hydroxylation sites is 1. The van der Waals surface area contributed by atoms with Gasteiger partial charge in [0.2, 0.25) is 0 Å². The number of carbonyl (C=O) groups is 1. The van der Waals surface area contributed by atoms with Crippen LogP contribution in [0.2, 0.25) is 0 Å². The smallest absolute Gasteiger partial charge is 0.323 e. The van der Waals surface area contributed by atoms with E-state index in [-0.39, 0.29) is 17.4 Å². The van der Waals surface area contributed by atoms with Crippen molar-refractivity contribution < 1.29 is 9.53 Å². The Bertz CT molecular complexity index is 627. The van der Waals surface area contributed by atoms with E-state index in [4.69, 9.17) is 4.74 Å². The number of hydrogen-bond acceptors (Lipinski definition) is 4. The summed E-state index contributed by atoms with van der Waals surface area (Å²) in [5.74, 6) is -0.240. The molecule has 0 amide bonds. The van der Waals surface area contributed by atoms with E-state index in [1.54, 1.807) is 6.20 Å². The fourth-order valence-electron chi connectivity index (χ4n) is 2.38. The number of benzene rings is 1. The fraction of sp³-hybridized carbons (Fsp3) is 0.412. The van der Waals surface area contributed by atoms with Crippen LogP contribution in [0.1, 0.15) is 26.3 Å². The summed E-state index contributed by atoms with van der Waals surface area (Å²) in [6.45, 7) is 6.63.